The third kappa shape index (κ3) is 5.76. The van der Waals surface area contributed by atoms with Gasteiger partial charge in [0.1, 0.15) is 0 Å². The molecule has 0 aliphatic heterocycles. The molecule has 28 heavy (non-hydrogen) atoms. The predicted molar refractivity (Wildman–Crippen MR) is 109 cm³/mol. The van der Waals surface area contributed by atoms with Crippen molar-refractivity contribution in [1.29, 1.82) is 0 Å². The van der Waals surface area contributed by atoms with E-state index in [1.165, 1.54) is 0 Å². The maximum atomic E-state index is 13.2. The van der Waals surface area contributed by atoms with E-state index in [4.69, 9.17) is 15.5 Å². The second kappa shape index (κ2) is 9.01. The molecule has 0 aromatic heterocycles. The molecule has 0 bridgehead atoms. The van der Waals surface area contributed by atoms with E-state index in [2.05, 4.69) is 0 Å². The molecular weight excluding hydrogens is 375 g/mol. The molecule has 0 spiro atoms. The quantitative estimate of drug-likeness (QED) is 0.644. The molecule has 150 valence electrons. The lowest BCUT2D eigenvalue weighted by Crippen LogP contribution is -2.43. The van der Waals surface area contributed by atoms with Gasteiger partial charge in [0.2, 0.25) is 0 Å². The van der Waals surface area contributed by atoms with Crippen LogP contribution in [0.3, 0.4) is 0 Å². The van der Waals surface area contributed by atoms with Crippen LogP contribution < -0.4 is 5.73 Å². The Morgan fingerprint density at radius 3 is 2.11 bits per heavy atom. The number of carbonyl (C=O) groups is 1. The van der Waals surface area contributed by atoms with Crippen molar-refractivity contribution in [2.24, 2.45) is 5.73 Å². The van der Waals surface area contributed by atoms with Gasteiger partial charge in [0.25, 0.3) is 5.91 Å². The summed E-state index contributed by atoms with van der Waals surface area (Å²) in [4.78, 5) is 33.3. The number of nitrogens with zero attached hydrogens (tertiary/aromatic N) is 1. The average molecular weight is 402 g/mol. The molecule has 6 nitrogen and oxygen atoms in total. The minimum Gasteiger partial charge on any atom is -0.331 e. The fourth-order valence-electron chi connectivity index (χ4n) is 3.71. The minimum atomic E-state index is -4.09. The first-order valence-electron chi connectivity index (χ1n) is 9.56. The standard InChI is InChI=1S/C21H27N2O4P/c22-19-10-12-20(13-11-19)23(21(24)18-4-2-1-3-5-18)14-16-6-8-17(9-7-16)15-28(25,26)27/h1-9,19-20H,10-15,22H2,(H2,25,26,27). The van der Waals surface area contributed by atoms with Crippen LogP contribution in [0.2, 0.25) is 0 Å². The van der Waals surface area contributed by atoms with Crippen LogP contribution in [0.4, 0.5) is 0 Å². The molecule has 1 aliphatic rings. The second-order valence-electron chi connectivity index (χ2n) is 7.51. The van der Waals surface area contributed by atoms with E-state index in [1.54, 1.807) is 12.1 Å². The first kappa shape index (κ1) is 20.7. The van der Waals surface area contributed by atoms with Gasteiger partial charge in [-0.25, -0.2) is 0 Å². The Morgan fingerprint density at radius 1 is 0.964 bits per heavy atom. The van der Waals surface area contributed by atoms with Crippen LogP contribution in [-0.2, 0) is 17.3 Å². The van der Waals surface area contributed by atoms with E-state index < -0.39 is 7.60 Å². The maximum Gasteiger partial charge on any atom is 0.329 e. The Morgan fingerprint density at radius 2 is 1.54 bits per heavy atom. The topological polar surface area (TPSA) is 104 Å². The summed E-state index contributed by atoms with van der Waals surface area (Å²) in [6, 6.07) is 16.7. The lowest BCUT2D eigenvalue weighted by molar-refractivity contribution is 0.0606. The number of rotatable bonds is 6. The van der Waals surface area contributed by atoms with Crippen LogP contribution in [0.5, 0.6) is 0 Å². The van der Waals surface area contributed by atoms with Crippen molar-refractivity contribution in [2.75, 3.05) is 0 Å². The van der Waals surface area contributed by atoms with Gasteiger partial charge in [-0.15, -0.1) is 0 Å². The smallest absolute Gasteiger partial charge is 0.329 e. The zero-order valence-electron chi connectivity index (χ0n) is 15.8. The highest BCUT2D eigenvalue weighted by molar-refractivity contribution is 7.50. The lowest BCUT2D eigenvalue weighted by atomic mass is 9.90. The van der Waals surface area contributed by atoms with Gasteiger partial charge in [-0.3, -0.25) is 9.36 Å². The molecule has 2 aromatic rings. The molecule has 2 aromatic carbocycles. The number of nitrogens with two attached hydrogens (primary N) is 1. The average Bonchev–Trinajstić information content (AvgIpc) is 2.67. The first-order valence-corrected chi connectivity index (χ1v) is 11.4. The van der Waals surface area contributed by atoms with Crippen molar-refractivity contribution in [3.05, 3.63) is 71.3 Å². The molecule has 7 heteroatoms. The van der Waals surface area contributed by atoms with Crippen LogP contribution in [-0.4, -0.2) is 32.7 Å². The molecule has 0 atom stereocenters. The van der Waals surface area contributed by atoms with Gasteiger partial charge in [-0.05, 0) is 48.9 Å². The SMILES string of the molecule is NC1CCC(N(Cc2ccc(CP(=O)(O)O)cc2)C(=O)c2ccccc2)CC1. The first-order chi connectivity index (χ1) is 13.3. The largest absolute Gasteiger partial charge is 0.331 e. The second-order valence-corrected chi connectivity index (χ2v) is 9.15. The Balaban J connectivity index is 1.79. The number of carbonyl (C=O) groups excluding carboxylic acids is 1. The fraction of sp³-hybridized carbons (Fsp3) is 0.381. The van der Waals surface area contributed by atoms with Gasteiger partial charge in [-0.1, -0.05) is 42.5 Å². The van der Waals surface area contributed by atoms with Gasteiger partial charge < -0.3 is 20.4 Å². The summed E-state index contributed by atoms with van der Waals surface area (Å²) in [5, 5.41) is 0. The minimum absolute atomic E-state index is 0.000338. The third-order valence-electron chi connectivity index (χ3n) is 5.23. The Bertz CT molecular complexity index is 827. The highest BCUT2D eigenvalue weighted by Crippen LogP contribution is 2.39. The molecule has 0 saturated heterocycles. The van der Waals surface area contributed by atoms with E-state index >= 15 is 0 Å². The van der Waals surface area contributed by atoms with Gasteiger partial charge in [0.05, 0.1) is 6.16 Å². The molecular formula is C21H27N2O4P. The number of hydrogen-bond acceptors (Lipinski definition) is 3. The summed E-state index contributed by atoms with van der Waals surface area (Å²) in [6.45, 7) is 0.462. The van der Waals surface area contributed by atoms with Crippen LogP contribution in [0, 0.1) is 0 Å². The van der Waals surface area contributed by atoms with Crippen molar-refractivity contribution >= 4 is 13.5 Å². The van der Waals surface area contributed by atoms with E-state index in [9.17, 15) is 9.36 Å². The van der Waals surface area contributed by atoms with Crippen molar-refractivity contribution in [3.8, 4) is 0 Å². The molecule has 1 aliphatic carbocycles. The van der Waals surface area contributed by atoms with Crippen LogP contribution in [0.1, 0.15) is 47.2 Å². The van der Waals surface area contributed by atoms with Gasteiger partial charge >= 0.3 is 7.60 Å². The molecule has 0 unspecified atom stereocenters. The highest BCUT2D eigenvalue weighted by atomic mass is 31.2. The van der Waals surface area contributed by atoms with Gasteiger partial charge in [0.15, 0.2) is 0 Å². The third-order valence-corrected chi connectivity index (χ3v) is 6.01. The molecule has 0 radical (unpaired) electrons. The van der Waals surface area contributed by atoms with Crippen molar-refractivity contribution in [2.45, 2.75) is 50.5 Å². The summed E-state index contributed by atoms with van der Waals surface area (Å²) < 4.78 is 11.2. The zero-order chi connectivity index (χ0) is 20.1. The monoisotopic (exact) mass is 402 g/mol. The van der Waals surface area contributed by atoms with Crippen molar-refractivity contribution in [1.82, 2.24) is 4.90 Å². The molecule has 3 rings (SSSR count). The van der Waals surface area contributed by atoms with Crippen LogP contribution in [0.25, 0.3) is 0 Å². The predicted octanol–water partition coefficient (Wildman–Crippen LogP) is 3.28. The van der Waals surface area contributed by atoms with E-state index in [0.29, 0.717) is 17.7 Å². The summed E-state index contributed by atoms with van der Waals surface area (Å²) in [5.41, 5.74) is 8.22. The molecule has 1 fully saturated rings. The summed E-state index contributed by atoms with van der Waals surface area (Å²) in [5.74, 6) is 0.000338. The van der Waals surface area contributed by atoms with Crippen LogP contribution in [0.15, 0.2) is 54.6 Å². The molecule has 4 N–H and O–H groups in total. The normalized spacial score (nSPS) is 20.0. The van der Waals surface area contributed by atoms with E-state index in [1.807, 2.05) is 47.4 Å². The fourth-order valence-corrected chi connectivity index (χ4v) is 4.40. The van der Waals surface area contributed by atoms with E-state index in [-0.39, 0.29) is 24.2 Å². The van der Waals surface area contributed by atoms with Gasteiger partial charge in [0, 0.05) is 24.2 Å². The molecule has 0 heterocycles. The van der Waals surface area contributed by atoms with Crippen molar-refractivity contribution < 1.29 is 19.1 Å². The Labute approximate surface area is 165 Å². The molecule has 1 amide bonds. The highest BCUT2D eigenvalue weighted by Gasteiger charge is 2.28. The summed E-state index contributed by atoms with van der Waals surface area (Å²) in [7, 11) is -4.09. The lowest BCUT2D eigenvalue weighted by Gasteiger charge is -2.36. The van der Waals surface area contributed by atoms with E-state index in [0.717, 1.165) is 31.2 Å². The number of benzene rings is 2. The molecule has 1 saturated carbocycles. The summed E-state index contributed by atoms with van der Waals surface area (Å²) >= 11 is 0. The number of amides is 1. The van der Waals surface area contributed by atoms with Crippen molar-refractivity contribution in [3.63, 3.8) is 0 Å². The van der Waals surface area contributed by atoms with Gasteiger partial charge in [-0.2, -0.15) is 0 Å². The Hall–Kier alpha value is -1.98. The summed E-state index contributed by atoms with van der Waals surface area (Å²) in [6.07, 6.45) is 3.31. The zero-order valence-corrected chi connectivity index (χ0v) is 16.7. The number of hydrogen-bond donors (Lipinski definition) is 3. The van der Waals surface area contributed by atoms with Crippen LogP contribution >= 0.6 is 7.60 Å². The maximum absolute atomic E-state index is 13.2. The Kier molecular flexibility index (Phi) is 6.68.